The first kappa shape index (κ1) is 21.4. The van der Waals surface area contributed by atoms with E-state index in [2.05, 4.69) is 4.98 Å². The predicted octanol–water partition coefficient (Wildman–Crippen LogP) is 1.14. The zero-order valence-electron chi connectivity index (χ0n) is 16.2. The molecule has 0 aliphatic heterocycles. The third kappa shape index (κ3) is 5.07. The molecule has 0 fully saturated rings. The monoisotopic (exact) mass is 392 g/mol. The van der Waals surface area contributed by atoms with E-state index in [1.54, 1.807) is 0 Å². The van der Waals surface area contributed by atoms with Gasteiger partial charge in [-0.1, -0.05) is 26.0 Å². The normalized spacial score (nSPS) is 11.0. The molecule has 1 aromatic carbocycles. The van der Waals surface area contributed by atoms with Crippen LogP contribution in [-0.2, 0) is 22.5 Å². The van der Waals surface area contributed by atoms with E-state index in [1.165, 1.54) is 40.8 Å². The van der Waals surface area contributed by atoms with Crippen molar-refractivity contribution in [1.82, 2.24) is 9.55 Å². The van der Waals surface area contributed by atoms with Gasteiger partial charge in [-0.25, -0.2) is 9.18 Å². The largest absolute Gasteiger partial charge is 0.383 e. The Morgan fingerprint density at radius 2 is 1.93 bits per heavy atom. The van der Waals surface area contributed by atoms with Crippen molar-refractivity contribution in [1.29, 1.82) is 0 Å². The molecule has 0 radical (unpaired) electrons. The molecule has 152 valence electrons. The summed E-state index contributed by atoms with van der Waals surface area (Å²) < 4.78 is 19.4. The van der Waals surface area contributed by atoms with Gasteiger partial charge in [0.15, 0.2) is 5.69 Å². The number of carbonyl (C=O) groups is 1. The van der Waals surface area contributed by atoms with E-state index in [0.29, 0.717) is 12.1 Å². The van der Waals surface area contributed by atoms with Crippen molar-refractivity contribution in [2.24, 2.45) is 5.92 Å². The molecule has 0 spiro atoms. The molecular weight excluding hydrogens is 367 g/mol. The van der Waals surface area contributed by atoms with E-state index >= 15 is 0 Å². The van der Waals surface area contributed by atoms with Gasteiger partial charge in [-0.05, 0) is 23.6 Å². The number of nitrogens with one attached hydrogen (secondary N) is 1. The number of nitrogens with zero attached hydrogens (tertiary/aromatic N) is 2. The first-order valence-electron chi connectivity index (χ1n) is 8.91. The summed E-state index contributed by atoms with van der Waals surface area (Å²) in [5.74, 6) is -0.809. The number of halogens is 1. The molecule has 0 atom stereocenters. The minimum Gasteiger partial charge on any atom is -0.383 e. The SMILES string of the molecule is COCCN(C(=O)Cc1ccc(F)cc1)c1c(N)n(CC(C)C)c(=O)[nH]c1=O. The Kier molecular flexibility index (Phi) is 7.11. The van der Waals surface area contributed by atoms with Gasteiger partial charge in [0.2, 0.25) is 5.91 Å². The van der Waals surface area contributed by atoms with E-state index in [4.69, 9.17) is 10.5 Å². The molecule has 2 aromatic rings. The first-order valence-corrected chi connectivity index (χ1v) is 8.91. The van der Waals surface area contributed by atoms with Gasteiger partial charge < -0.3 is 15.4 Å². The maximum absolute atomic E-state index is 13.1. The van der Waals surface area contributed by atoms with Crippen LogP contribution in [0.5, 0.6) is 0 Å². The van der Waals surface area contributed by atoms with Crippen LogP contribution in [0.1, 0.15) is 19.4 Å². The van der Waals surface area contributed by atoms with Gasteiger partial charge in [-0.2, -0.15) is 0 Å². The number of aromatic nitrogens is 2. The number of H-pyrrole nitrogens is 1. The zero-order chi connectivity index (χ0) is 20.8. The van der Waals surface area contributed by atoms with Crippen LogP contribution in [0.15, 0.2) is 33.9 Å². The summed E-state index contributed by atoms with van der Waals surface area (Å²) in [6, 6.07) is 5.50. The number of hydrogen-bond donors (Lipinski definition) is 2. The highest BCUT2D eigenvalue weighted by atomic mass is 19.1. The molecule has 2 rings (SSSR count). The van der Waals surface area contributed by atoms with Gasteiger partial charge in [0.1, 0.15) is 11.6 Å². The molecule has 1 heterocycles. The fourth-order valence-electron chi connectivity index (χ4n) is 2.80. The van der Waals surface area contributed by atoms with Crippen LogP contribution in [-0.4, -0.2) is 35.7 Å². The number of hydrogen-bond acceptors (Lipinski definition) is 5. The molecule has 9 heteroatoms. The van der Waals surface area contributed by atoms with Crippen molar-refractivity contribution < 1.29 is 13.9 Å². The number of methoxy groups -OCH3 is 1. The predicted molar refractivity (Wildman–Crippen MR) is 105 cm³/mol. The lowest BCUT2D eigenvalue weighted by molar-refractivity contribution is -0.118. The Morgan fingerprint density at radius 1 is 1.29 bits per heavy atom. The Balaban J connectivity index is 2.46. The quantitative estimate of drug-likeness (QED) is 0.700. The van der Waals surface area contributed by atoms with Crippen LogP contribution in [0.4, 0.5) is 15.9 Å². The Morgan fingerprint density at radius 3 is 2.50 bits per heavy atom. The van der Waals surface area contributed by atoms with Crippen molar-refractivity contribution >= 4 is 17.4 Å². The molecule has 3 N–H and O–H groups in total. The van der Waals surface area contributed by atoms with E-state index in [-0.39, 0.29) is 37.0 Å². The number of rotatable bonds is 8. The summed E-state index contributed by atoms with van der Waals surface area (Å²) in [5.41, 5.74) is 5.23. The summed E-state index contributed by atoms with van der Waals surface area (Å²) in [7, 11) is 1.47. The molecule has 1 amide bonds. The van der Waals surface area contributed by atoms with Crippen molar-refractivity contribution in [2.75, 3.05) is 30.9 Å². The number of nitrogen functional groups attached to an aromatic ring is 1. The van der Waals surface area contributed by atoms with Crippen molar-refractivity contribution in [2.45, 2.75) is 26.8 Å². The average Bonchev–Trinajstić information content (AvgIpc) is 2.63. The van der Waals surface area contributed by atoms with Gasteiger partial charge in [0.25, 0.3) is 5.56 Å². The average molecular weight is 392 g/mol. The third-order valence-corrected chi connectivity index (χ3v) is 4.12. The van der Waals surface area contributed by atoms with Crippen LogP contribution < -0.4 is 21.9 Å². The van der Waals surface area contributed by atoms with Crippen LogP contribution in [0.25, 0.3) is 0 Å². The number of ether oxygens (including phenoxy) is 1. The molecule has 0 aliphatic rings. The molecule has 1 aromatic heterocycles. The lowest BCUT2D eigenvalue weighted by Crippen LogP contribution is -2.43. The molecule has 8 nitrogen and oxygen atoms in total. The van der Waals surface area contributed by atoms with Crippen LogP contribution >= 0.6 is 0 Å². The molecule has 0 saturated heterocycles. The standard InChI is InChI=1S/C19H25FN4O4/c1-12(2)11-24-17(21)16(18(26)22-19(24)27)23(8-9-28-3)15(25)10-13-4-6-14(20)7-5-13/h4-7,12H,8-11,21H2,1-3H3,(H,22,26,27). The van der Waals surface area contributed by atoms with Crippen LogP contribution in [0.3, 0.4) is 0 Å². The minimum atomic E-state index is -0.744. The summed E-state index contributed by atoms with van der Waals surface area (Å²) in [6.07, 6.45) is -0.0633. The molecular formula is C19H25FN4O4. The first-order chi connectivity index (χ1) is 13.2. The second kappa shape index (κ2) is 9.32. The van der Waals surface area contributed by atoms with Gasteiger partial charge in [0.05, 0.1) is 13.0 Å². The highest BCUT2D eigenvalue weighted by Crippen LogP contribution is 2.19. The molecule has 0 bridgehead atoms. The molecule has 0 saturated carbocycles. The highest BCUT2D eigenvalue weighted by molar-refractivity contribution is 5.96. The fourth-order valence-corrected chi connectivity index (χ4v) is 2.80. The summed E-state index contributed by atoms with van der Waals surface area (Å²) in [6.45, 7) is 4.33. The second-order valence-corrected chi connectivity index (χ2v) is 6.84. The van der Waals surface area contributed by atoms with Crippen molar-refractivity contribution in [3.8, 4) is 0 Å². The third-order valence-electron chi connectivity index (χ3n) is 4.12. The van der Waals surface area contributed by atoms with Crippen LogP contribution in [0.2, 0.25) is 0 Å². The smallest absolute Gasteiger partial charge is 0.330 e. The number of nitrogens with two attached hydrogens (primary N) is 1. The van der Waals surface area contributed by atoms with Gasteiger partial charge >= 0.3 is 5.69 Å². The van der Waals surface area contributed by atoms with E-state index < -0.39 is 23.0 Å². The maximum atomic E-state index is 13.1. The second-order valence-electron chi connectivity index (χ2n) is 6.84. The van der Waals surface area contributed by atoms with Gasteiger partial charge in [-0.15, -0.1) is 0 Å². The topological polar surface area (TPSA) is 110 Å². The lowest BCUT2D eigenvalue weighted by Gasteiger charge is -2.24. The van der Waals surface area contributed by atoms with Gasteiger partial charge in [-0.3, -0.25) is 19.1 Å². The Labute approximate surface area is 161 Å². The number of aromatic amines is 1. The fraction of sp³-hybridized carbons (Fsp3) is 0.421. The van der Waals surface area contributed by atoms with Crippen molar-refractivity contribution in [3.05, 3.63) is 56.5 Å². The number of amides is 1. The Bertz CT molecular complexity index is 934. The lowest BCUT2D eigenvalue weighted by atomic mass is 10.1. The van der Waals surface area contributed by atoms with Crippen molar-refractivity contribution in [3.63, 3.8) is 0 Å². The molecule has 0 unspecified atom stereocenters. The summed E-state index contributed by atoms with van der Waals surface area (Å²) in [5, 5.41) is 0. The van der Waals surface area contributed by atoms with E-state index in [1.807, 2.05) is 13.8 Å². The van der Waals surface area contributed by atoms with Gasteiger partial charge in [0, 0.05) is 20.2 Å². The number of anilines is 2. The maximum Gasteiger partial charge on any atom is 0.330 e. The zero-order valence-corrected chi connectivity index (χ0v) is 16.2. The summed E-state index contributed by atoms with van der Waals surface area (Å²) in [4.78, 5) is 41.0. The molecule has 28 heavy (non-hydrogen) atoms. The highest BCUT2D eigenvalue weighted by Gasteiger charge is 2.24. The summed E-state index contributed by atoms with van der Waals surface area (Å²) >= 11 is 0. The minimum absolute atomic E-state index is 0.0633. The number of benzene rings is 1. The van der Waals surface area contributed by atoms with E-state index in [0.717, 1.165) is 0 Å². The number of carbonyl (C=O) groups excluding carboxylic acids is 1. The van der Waals surface area contributed by atoms with E-state index in [9.17, 15) is 18.8 Å². The van der Waals surface area contributed by atoms with Crippen LogP contribution in [0, 0.1) is 11.7 Å². The molecule has 0 aliphatic carbocycles. The Hall–Kier alpha value is -2.94.